The van der Waals surface area contributed by atoms with Crippen LogP contribution in [0.2, 0.25) is 0 Å². The molecular formula is C14H19N3O3. The molecule has 1 heterocycles. The van der Waals surface area contributed by atoms with Crippen LogP contribution in [-0.2, 0) is 0 Å². The second kappa shape index (κ2) is 6.45. The summed E-state index contributed by atoms with van der Waals surface area (Å²) in [6.07, 6.45) is 7.85. The van der Waals surface area contributed by atoms with Crippen molar-refractivity contribution in [2.75, 3.05) is 0 Å². The van der Waals surface area contributed by atoms with E-state index in [9.17, 15) is 9.59 Å². The molecule has 2 N–H and O–H groups in total. The number of hydrogen-bond donors (Lipinski definition) is 2. The van der Waals surface area contributed by atoms with Crippen LogP contribution in [0.1, 0.15) is 60.0 Å². The summed E-state index contributed by atoms with van der Waals surface area (Å²) < 4.78 is 0. The van der Waals surface area contributed by atoms with E-state index in [4.69, 9.17) is 5.11 Å². The first-order valence-corrected chi connectivity index (χ1v) is 6.98. The maximum absolute atomic E-state index is 12.1. The highest BCUT2D eigenvalue weighted by Gasteiger charge is 2.25. The Morgan fingerprint density at radius 3 is 2.50 bits per heavy atom. The average molecular weight is 277 g/mol. The summed E-state index contributed by atoms with van der Waals surface area (Å²) in [7, 11) is 0. The van der Waals surface area contributed by atoms with Gasteiger partial charge in [-0.05, 0) is 18.8 Å². The van der Waals surface area contributed by atoms with Crippen LogP contribution in [0.4, 0.5) is 0 Å². The van der Waals surface area contributed by atoms with Crippen LogP contribution >= 0.6 is 0 Å². The van der Waals surface area contributed by atoms with E-state index < -0.39 is 5.97 Å². The number of nitrogens with zero attached hydrogens (tertiary/aromatic N) is 2. The van der Waals surface area contributed by atoms with Gasteiger partial charge in [-0.15, -0.1) is 0 Å². The second-order valence-corrected chi connectivity index (χ2v) is 5.12. The number of rotatable bonds is 4. The number of carboxylic acid groups (broad SMARTS) is 1. The first-order chi connectivity index (χ1) is 9.61. The summed E-state index contributed by atoms with van der Waals surface area (Å²) in [5.41, 5.74) is 0.000998. The Morgan fingerprint density at radius 1 is 1.25 bits per heavy atom. The fourth-order valence-electron chi connectivity index (χ4n) is 2.68. The highest BCUT2D eigenvalue weighted by molar-refractivity contribution is 5.92. The maximum atomic E-state index is 12.1. The van der Waals surface area contributed by atoms with E-state index in [1.54, 1.807) is 0 Å². The van der Waals surface area contributed by atoms with Gasteiger partial charge >= 0.3 is 5.97 Å². The Labute approximate surface area is 117 Å². The number of nitrogens with one attached hydrogen (secondary N) is 1. The monoisotopic (exact) mass is 277 g/mol. The van der Waals surface area contributed by atoms with Gasteiger partial charge in [0, 0.05) is 6.04 Å². The second-order valence-electron chi connectivity index (χ2n) is 5.12. The van der Waals surface area contributed by atoms with Gasteiger partial charge in [-0.1, -0.05) is 26.2 Å². The lowest BCUT2D eigenvalue weighted by Gasteiger charge is -2.31. The third kappa shape index (κ3) is 3.31. The van der Waals surface area contributed by atoms with Crippen LogP contribution in [0.5, 0.6) is 0 Å². The number of carboxylic acids is 1. The number of carbonyl (C=O) groups is 2. The molecule has 6 nitrogen and oxygen atoms in total. The molecule has 2 unspecified atom stereocenters. The summed E-state index contributed by atoms with van der Waals surface area (Å²) in [6.45, 7) is 2.14. The molecule has 0 spiro atoms. The lowest BCUT2D eigenvalue weighted by atomic mass is 9.83. The molecule has 2 atom stereocenters. The van der Waals surface area contributed by atoms with Crippen molar-refractivity contribution >= 4 is 11.9 Å². The Hall–Kier alpha value is -1.98. The Morgan fingerprint density at radius 2 is 1.90 bits per heavy atom. The first-order valence-electron chi connectivity index (χ1n) is 6.98. The maximum Gasteiger partial charge on any atom is 0.356 e. The Bertz CT molecular complexity index is 487. The van der Waals surface area contributed by atoms with Crippen molar-refractivity contribution in [2.24, 2.45) is 5.92 Å². The largest absolute Gasteiger partial charge is 0.476 e. The smallest absolute Gasteiger partial charge is 0.356 e. The van der Waals surface area contributed by atoms with Crippen molar-refractivity contribution in [3.05, 3.63) is 23.8 Å². The van der Waals surface area contributed by atoms with Crippen molar-refractivity contribution in [1.82, 2.24) is 15.3 Å². The molecule has 1 amide bonds. The Balaban J connectivity index is 2.01. The van der Waals surface area contributed by atoms with E-state index in [0.717, 1.165) is 31.9 Å². The summed E-state index contributed by atoms with van der Waals surface area (Å²) in [5.74, 6) is -0.915. The lowest BCUT2D eigenvalue weighted by molar-refractivity contribution is 0.0688. The fraction of sp³-hybridized carbons (Fsp3) is 0.571. The Kier molecular flexibility index (Phi) is 4.65. The van der Waals surface area contributed by atoms with Crippen LogP contribution in [0, 0.1) is 5.92 Å². The standard InChI is InChI=1S/C14H19N3O3/c1-2-9-5-3-4-6-10(9)17-13(18)11-7-16-12(8-15-11)14(19)20/h7-10H,2-6H2,1H3,(H,17,18)(H,19,20). The first kappa shape index (κ1) is 14.4. The predicted octanol–water partition coefficient (Wildman–Crippen LogP) is 1.87. The van der Waals surface area contributed by atoms with Gasteiger partial charge in [0.2, 0.25) is 0 Å². The molecule has 1 aromatic heterocycles. The van der Waals surface area contributed by atoms with Gasteiger partial charge in [0.15, 0.2) is 5.69 Å². The fourth-order valence-corrected chi connectivity index (χ4v) is 2.68. The van der Waals surface area contributed by atoms with E-state index in [1.165, 1.54) is 12.6 Å². The van der Waals surface area contributed by atoms with Crippen LogP contribution in [-0.4, -0.2) is 33.0 Å². The van der Waals surface area contributed by atoms with Crippen molar-refractivity contribution in [3.63, 3.8) is 0 Å². The van der Waals surface area contributed by atoms with E-state index in [-0.39, 0.29) is 23.3 Å². The normalized spacial score (nSPS) is 22.2. The van der Waals surface area contributed by atoms with Crippen molar-refractivity contribution in [3.8, 4) is 0 Å². The highest BCUT2D eigenvalue weighted by Crippen LogP contribution is 2.26. The van der Waals surface area contributed by atoms with Gasteiger partial charge in [-0.2, -0.15) is 0 Å². The van der Waals surface area contributed by atoms with Crippen LogP contribution in [0.3, 0.4) is 0 Å². The zero-order valence-corrected chi connectivity index (χ0v) is 11.5. The molecule has 0 aliphatic heterocycles. The third-order valence-corrected chi connectivity index (χ3v) is 3.85. The predicted molar refractivity (Wildman–Crippen MR) is 72.5 cm³/mol. The molecule has 108 valence electrons. The zero-order chi connectivity index (χ0) is 14.5. The summed E-state index contributed by atoms with van der Waals surface area (Å²) >= 11 is 0. The summed E-state index contributed by atoms with van der Waals surface area (Å²) in [6, 6.07) is 0.183. The van der Waals surface area contributed by atoms with Gasteiger partial charge < -0.3 is 10.4 Å². The number of hydrogen-bond acceptors (Lipinski definition) is 4. The zero-order valence-electron chi connectivity index (χ0n) is 11.5. The molecule has 1 aromatic rings. The molecule has 0 radical (unpaired) electrons. The van der Waals surface area contributed by atoms with Gasteiger partial charge in [-0.25, -0.2) is 14.8 Å². The van der Waals surface area contributed by atoms with Crippen molar-refractivity contribution < 1.29 is 14.7 Å². The molecule has 0 bridgehead atoms. The van der Waals surface area contributed by atoms with Gasteiger partial charge in [0.1, 0.15) is 5.69 Å². The molecule has 1 aliphatic carbocycles. The molecule has 0 saturated heterocycles. The van der Waals surface area contributed by atoms with Crippen molar-refractivity contribution in [1.29, 1.82) is 0 Å². The molecule has 1 fully saturated rings. The molecular weight excluding hydrogens is 258 g/mol. The molecule has 1 saturated carbocycles. The summed E-state index contributed by atoms with van der Waals surface area (Å²) in [5, 5.41) is 11.7. The van der Waals surface area contributed by atoms with Crippen LogP contribution in [0.25, 0.3) is 0 Å². The highest BCUT2D eigenvalue weighted by atomic mass is 16.4. The minimum atomic E-state index is -1.15. The number of aromatic nitrogens is 2. The molecule has 20 heavy (non-hydrogen) atoms. The minimum Gasteiger partial charge on any atom is -0.476 e. The SMILES string of the molecule is CCC1CCCCC1NC(=O)c1cnc(C(=O)O)cn1. The minimum absolute atomic E-state index is 0.161. The van der Waals surface area contributed by atoms with Gasteiger partial charge in [0.25, 0.3) is 5.91 Å². The van der Waals surface area contributed by atoms with E-state index in [0.29, 0.717) is 5.92 Å². The van der Waals surface area contributed by atoms with Crippen LogP contribution < -0.4 is 5.32 Å². The third-order valence-electron chi connectivity index (χ3n) is 3.85. The van der Waals surface area contributed by atoms with Crippen LogP contribution in [0.15, 0.2) is 12.4 Å². The molecule has 1 aliphatic rings. The number of carbonyl (C=O) groups excluding carboxylic acids is 1. The van der Waals surface area contributed by atoms with E-state index in [2.05, 4.69) is 22.2 Å². The summed E-state index contributed by atoms with van der Waals surface area (Å²) in [4.78, 5) is 30.3. The molecule has 0 aromatic carbocycles. The molecule has 2 rings (SSSR count). The topological polar surface area (TPSA) is 92.2 Å². The molecule has 6 heteroatoms. The van der Waals surface area contributed by atoms with Gasteiger partial charge in [-0.3, -0.25) is 4.79 Å². The average Bonchev–Trinajstić information content (AvgIpc) is 2.48. The van der Waals surface area contributed by atoms with Gasteiger partial charge in [0.05, 0.1) is 12.4 Å². The van der Waals surface area contributed by atoms with E-state index >= 15 is 0 Å². The quantitative estimate of drug-likeness (QED) is 0.876. The number of aromatic carboxylic acids is 1. The van der Waals surface area contributed by atoms with Crippen molar-refractivity contribution in [2.45, 2.75) is 45.1 Å². The number of amides is 1. The lowest BCUT2D eigenvalue weighted by Crippen LogP contribution is -2.42. The van der Waals surface area contributed by atoms with E-state index in [1.807, 2.05) is 0 Å².